The summed E-state index contributed by atoms with van der Waals surface area (Å²) < 4.78 is 24.7. The molecule has 1 saturated heterocycles. The highest BCUT2D eigenvalue weighted by atomic mass is 16.6. The topological polar surface area (TPSA) is 115 Å². The Labute approximate surface area is 260 Å². The summed E-state index contributed by atoms with van der Waals surface area (Å²) in [5.74, 6) is 0.146. The van der Waals surface area contributed by atoms with E-state index in [4.69, 9.17) is 18.9 Å². The maximum absolute atomic E-state index is 11.9. The van der Waals surface area contributed by atoms with Crippen molar-refractivity contribution in [2.24, 2.45) is 5.41 Å². The summed E-state index contributed by atoms with van der Waals surface area (Å²) >= 11 is 0. The molecule has 1 heterocycles. The van der Waals surface area contributed by atoms with Gasteiger partial charge in [0, 0.05) is 19.8 Å². The molecule has 3 N–H and O–H groups in total. The minimum atomic E-state index is -0.443. The van der Waals surface area contributed by atoms with E-state index < -0.39 is 6.10 Å². The average molecular weight is 609 g/mol. The first-order valence-corrected chi connectivity index (χ1v) is 16.8. The van der Waals surface area contributed by atoms with E-state index in [0.717, 1.165) is 50.5 Å². The molecule has 1 aliphatic heterocycles. The minimum Gasteiger partial charge on any atom is -0.504 e. The highest BCUT2D eigenvalue weighted by Gasteiger charge is 2.42. The molecule has 4 fully saturated rings. The fourth-order valence-electron chi connectivity index (χ4n) is 8.10. The standard InChI is InChI=1S/C36H48O8/c1-23(37)41-29-20-27(11-9-24-10-12-30(38)33(17-24)42-26-7-3-2-4-8-26)43-32(21-29)25-18-31(39)35(40)34(19-25)44-28-13-16-36(22-28)14-5-6-15-36/h10,12,17-19,26-29,32,38-40H,2-9,11,13-16,20-22H2,1H3/t27-,28-,29-,32-/m0/s1. The Morgan fingerprint density at radius 1 is 0.841 bits per heavy atom. The largest absolute Gasteiger partial charge is 0.504 e. The zero-order valence-corrected chi connectivity index (χ0v) is 26.0. The van der Waals surface area contributed by atoms with Gasteiger partial charge < -0.3 is 34.3 Å². The van der Waals surface area contributed by atoms with E-state index in [-0.39, 0.29) is 53.4 Å². The van der Waals surface area contributed by atoms with Gasteiger partial charge in [-0.3, -0.25) is 4.79 Å². The maximum Gasteiger partial charge on any atom is 0.302 e. The number of ether oxygens (including phenoxy) is 4. The van der Waals surface area contributed by atoms with E-state index >= 15 is 0 Å². The molecule has 6 rings (SSSR count). The second kappa shape index (κ2) is 13.5. The van der Waals surface area contributed by atoms with Gasteiger partial charge in [-0.25, -0.2) is 0 Å². The van der Waals surface area contributed by atoms with Crippen molar-refractivity contribution in [2.75, 3.05) is 0 Å². The van der Waals surface area contributed by atoms with Crippen molar-refractivity contribution < 1.29 is 39.1 Å². The highest BCUT2D eigenvalue weighted by Crippen LogP contribution is 2.52. The summed E-state index contributed by atoms with van der Waals surface area (Å²) in [5, 5.41) is 31.8. The molecule has 0 radical (unpaired) electrons. The van der Waals surface area contributed by atoms with Gasteiger partial charge in [0.2, 0.25) is 5.75 Å². The lowest BCUT2D eigenvalue weighted by atomic mass is 9.85. The normalized spacial score (nSPS) is 26.9. The zero-order chi connectivity index (χ0) is 30.7. The van der Waals surface area contributed by atoms with Crippen LogP contribution in [0.25, 0.3) is 0 Å². The van der Waals surface area contributed by atoms with E-state index in [2.05, 4.69) is 0 Å². The molecule has 240 valence electrons. The summed E-state index contributed by atoms with van der Waals surface area (Å²) in [5.41, 5.74) is 2.11. The van der Waals surface area contributed by atoms with Crippen LogP contribution in [0.2, 0.25) is 0 Å². The number of hydrogen-bond donors (Lipinski definition) is 3. The average Bonchev–Trinajstić information content (AvgIpc) is 3.64. The molecule has 0 bridgehead atoms. The molecule has 8 nitrogen and oxygen atoms in total. The van der Waals surface area contributed by atoms with Gasteiger partial charge in [-0.2, -0.15) is 0 Å². The summed E-state index contributed by atoms with van der Waals surface area (Å²) in [7, 11) is 0. The Balaban J connectivity index is 1.14. The fourth-order valence-corrected chi connectivity index (χ4v) is 8.10. The number of phenolic OH excluding ortho intramolecular Hbond substituents is 3. The lowest BCUT2D eigenvalue weighted by molar-refractivity contribution is -0.160. The summed E-state index contributed by atoms with van der Waals surface area (Å²) in [4.78, 5) is 11.9. The smallest absolute Gasteiger partial charge is 0.302 e. The third kappa shape index (κ3) is 7.39. The monoisotopic (exact) mass is 608 g/mol. The molecule has 0 aromatic heterocycles. The van der Waals surface area contributed by atoms with Crippen LogP contribution in [0.5, 0.6) is 28.7 Å². The van der Waals surface area contributed by atoms with Crippen LogP contribution < -0.4 is 9.47 Å². The molecule has 1 spiro atoms. The first-order valence-electron chi connectivity index (χ1n) is 16.8. The van der Waals surface area contributed by atoms with Gasteiger partial charge in [0.15, 0.2) is 23.0 Å². The third-order valence-corrected chi connectivity index (χ3v) is 10.4. The minimum absolute atomic E-state index is 0.0137. The van der Waals surface area contributed by atoms with Crippen molar-refractivity contribution >= 4 is 5.97 Å². The molecule has 3 saturated carbocycles. The van der Waals surface area contributed by atoms with Crippen molar-refractivity contribution in [1.82, 2.24) is 0 Å². The van der Waals surface area contributed by atoms with Crippen LogP contribution in [0.1, 0.15) is 120 Å². The number of phenols is 3. The van der Waals surface area contributed by atoms with Crippen molar-refractivity contribution in [1.29, 1.82) is 0 Å². The van der Waals surface area contributed by atoms with E-state index in [1.165, 1.54) is 45.1 Å². The predicted octanol–water partition coefficient (Wildman–Crippen LogP) is 7.79. The molecule has 4 atom stereocenters. The van der Waals surface area contributed by atoms with Crippen molar-refractivity contribution in [2.45, 2.75) is 140 Å². The van der Waals surface area contributed by atoms with Crippen molar-refractivity contribution in [3.8, 4) is 28.7 Å². The molecule has 3 aliphatic carbocycles. The van der Waals surface area contributed by atoms with E-state index in [9.17, 15) is 20.1 Å². The van der Waals surface area contributed by atoms with Crippen LogP contribution in [-0.4, -0.2) is 45.7 Å². The van der Waals surface area contributed by atoms with Crippen molar-refractivity contribution in [3.63, 3.8) is 0 Å². The number of rotatable bonds is 9. The van der Waals surface area contributed by atoms with Gasteiger partial charge >= 0.3 is 5.97 Å². The van der Waals surface area contributed by atoms with Gasteiger partial charge in [0.25, 0.3) is 0 Å². The van der Waals surface area contributed by atoms with Crippen LogP contribution in [-0.2, 0) is 20.7 Å². The van der Waals surface area contributed by atoms with Gasteiger partial charge in [0.1, 0.15) is 6.10 Å². The second-order valence-corrected chi connectivity index (χ2v) is 13.7. The van der Waals surface area contributed by atoms with Gasteiger partial charge in [-0.1, -0.05) is 25.3 Å². The molecular weight excluding hydrogens is 560 g/mol. The molecule has 2 aromatic carbocycles. The highest BCUT2D eigenvalue weighted by molar-refractivity contribution is 5.66. The Hall–Kier alpha value is -3.13. The number of hydrogen-bond acceptors (Lipinski definition) is 8. The first kappa shape index (κ1) is 30.9. The second-order valence-electron chi connectivity index (χ2n) is 13.7. The van der Waals surface area contributed by atoms with E-state index in [1.807, 2.05) is 12.1 Å². The Kier molecular flexibility index (Phi) is 9.45. The number of carbonyl (C=O) groups excluding carboxylic acids is 1. The van der Waals surface area contributed by atoms with E-state index in [1.54, 1.807) is 12.1 Å². The zero-order valence-electron chi connectivity index (χ0n) is 26.0. The molecular formula is C36H48O8. The molecule has 4 aliphatic rings. The van der Waals surface area contributed by atoms with Crippen LogP contribution >= 0.6 is 0 Å². The number of aromatic hydroxyl groups is 3. The van der Waals surface area contributed by atoms with Crippen LogP contribution in [0.15, 0.2) is 30.3 Å². The van der Waals surface area contributed by atoms with Gasteiger partial charge in [-0.05, 0) is 111 Å². The molecule has 8 heteroatoms. The van der Waals surface area contributed by atoms with Crippen molar-refractivity contribution in [3.05, 3.63) is 41.5 Å². The van der Waals surface area contributed by atoms with Crippen LogP contribution in [0.4, 0.5) is 0 Å². The molecule has 44 heavy (non-hydrogen) atoms. The SMILES string of the molecule is CC(=O)O[C@H]1C[C@H](CCc2ccc(O)c(OC3CCCCC3)c2)O[C@H](c2cc(O)c(O)c(O[C@H]3CCC4(CCCC4)C3)c2)C1. The van der Waals surface area contributed by atoms with Gasteiger partial charge in [-0.15, -0.1) is 0 Å². The quantitative estimate of drug-likeness (QED) is 0.195. The fraction of sp³-hybridized carbons (Fsp3) is 0.639. The number of carbonyl (C=O) groups is 1. The lowest BCUT2D eigenvalue weighted by Gasteiger charge is -2.35. The summed E-state index contributed by atoms with van der Waals surface area (Å²) in [6.45, 7) is 1.42. The molecule has 0 unspecified atom stereocenters. The van der Waals surface area contributed by atoms with Crippen LogP contribution in [0.3, 0.4) is 0 Å². The summed E-state index contributed by atoms with van der Waals surface area (Å²) in [6.07, 6.45) is 15.3. The first-order chi connectivity index (χ1) is 21.2. The Bertz CT molecular complexity index is 1300. The lowest BCUT2D eigenvalue weighted by Crippen LogP contribution is -2.34. The predicted molar refractivity (Wildman–Crippen MR) is 165 cm³/mol. The number of benzene rings is 2. The van der Waals surface area contributed by atoms with Crippen LogP contribution in [0, 0.1) is 5.41 Å². The summed E-state index contributed by atoms with van der Waals surface area (Å²) in [6, 6.07) is 8.84. The number of esters is 1. The Morgan fingerprint density at radius 2 is 1.61 bits per heavy atom. The molecule has 0 amide bonds. The maximum atomic E-state index is 11.9. The Morgan fingerprint density at radius 3 is 2.39 bits per heavy atom. The van der Waals surface area contributed by atoms with Gasteiger partial charge in [0.05, 0.1) is 24.4 Å². The number of aryl methyl sites for hydroxylation is 1. The molecule has 2 aromatic rings. The third-order valence-electron chi connectivity index (χ3n) is 10.4. The van der Waals surface area contributed by atoms with E-state index in [0.29, 0.717) is 42.4 Å².